The zero-order chi connectivity index (χ0) is 14.8. The van der Waals surface area contributed by atoms with Crippen molar-refractivity contribution in [2.24, 2.45) is 5.92 Å². The molecule has 0 bridgehead atoms. The van der Waals surface area contributed by atoms with Gasteiger partial charge in [-0.05, 0) is 43.7 Å². The van der Waals surface area contributed by atoms with Crippen molar-refractivity contribution in [3.8, 4) is 0 Å². The standard InChI is InChI=1S/C15H22ClNO2S/c1-12-7-9-15(11-16,10-8-12)17-13-5-3-4-6-14(13)20(2,18)19/h3-6,12,17H,7-11H2,1-2H3. The number of hydrogen-bond acceptors (Lipinski definition) is 3. The molecule has 0 radical (unpaired) electrons. The quantitative estimate of drug-likeness (QED) is 0.862. The predicted molar refractivity (Wildman–Crippen MR) is 84.3 cm³/mol. The molecule has 1 aromatic rings. The molecular weight excluding hydrogens is 294 g/mol. The van der Waals surface area contributed by atoms with E-state index >= 15 is 0 Å². The van der Waals surface area contributed by atoms with Crippen molar-refractivity contribution >= 4 is 27.1 Å². The first kappa shape index (κ1) is 15.6. The van der Waals surface area contributed by atoms with Crippen LogP contribution < -0.4 is 5.32 Å². The number of benzene rings is 1. The number of sulfone groups is 1. The molecule has 0 spiro atoms. The fourth-order valence-corrected chi connectivity index (χ4v) is 3.96. The lowest BCUT2D eigenvalue weighted by Crippen LogP contribution is -2.43. The summed E-state index contributed by atoms with van der Waals surface area (Å²) in [5, 5.41) is 3.43. The highest BCUT2D eigenvalue weighted by Gasteiger charge is 2.34. The second-order valence-electron chi connectivity index (χ2n) is 5.99. The summed E-state index contributed by atoms with van der Waals surface area (Å²) in [6, 6.07) is 7.07. The summed E-state index contributed by atoms with van der Waals surface area (Å²) >= 11 is 6.19. The van der Waals surface area contributed by atoms with Gasteiger partial charge in [0.2, 0.25) is 0 Å². The number of nitrogens with one attached hydrogen (secondary N) is 1. The monoisotopic (exact) mass is 315 g/mol. The molecule has 5 heteroatoms. The number of halogens is 1. The van der Waals surface area contributed by atoms with Gasteiger partial charge in [0.15, 0.2) is 9.84 Å². The van der Waals surface area contributed by atoms with Crippen LogP contribution >= 0.6 is 11.6 Å². The van der Waals surface area contributed by atoms with E-state index in [0.717, 1.165) is 31.6 Å². The van der Waals surface area contributed by atoms with E-state index in [4.69, 9.17) is 11.6 Å². The Bertz CT molecular complexity index is 563. The second-order valence-corrected chi connectivity index (χ2v) is 8.24. The van der Waals surface area contributed by atoms with Crippen LogP contribution in [0.25, 0.3) is 0 Å². The molecule has 0 unspecified atom stereocenters. The first-order chi connectivity index (χ1) is 9.36. The number of rotatable bonds is 4. The molecule has 0 amide bonds. The molecule has 0 heterocycles. The van der Waals surface area contributed by atoms with E-state index in [0.29, 0.717) is 16.5 Å². The van der Waals surface area contributed by atoms with Crippen LogP contribution in [-0.4, -0.2) is 26.1 Å². The fraction of sp³-hybridized carbons (Fsp3) is 0.600. The van der Waals surface area contributed by atoms with E-state index in [1.54, 1.807) is 12.1 Å². The molecule has 1 N–H and O–H groups in total. The van der Waals surface area contributed by atoms with Crippen molar-refractivity contribution in [1.29, 1.82) is 0 Å². The van der Waals surface area contributed by atoms with E-state index in [9.17, 15) is 8.42 Å². The zero-order valence-corrected chi connectivity index (χ0v) is 13.6. The number of hydrogen-bond donors (Lipinski definition) is 1. The van der Waals surface area contributed by atoms with E-state index < -0.39 is 9.84 Å². The van der Waals surface area contributed by atoms with Gasteiger partial charge in [0, 0.05) is 12.1 Å². The molecule has 1 fully saturated rings. The van der Waals surface area contributed by atoms with Crippen LogP contribution in [0.2, 0.25) is 0 Å². The van der Waals surface area contributed by atoms with Gasteiger partial charge < -0.3 is 5.32 Å². The minimum atomic E-state index is -3.24. The highest BCUT2D eigenvalue weighted by atomic mass is 35.5. The smallest absolute Gasteiger partial charge is 0.177 e. The minimum Gasteiger partial charge on any atom is -0.377 e. The summed E-state index contributed by atoms with van der Waals surface area (Å²) in [7, 11) is -3.24. The predicted octanol–water partition coefficient (Wildman–Crippen LogP) is 3.69. The van der Waals surface area contributed by atoms with Gasteiger partial charge in [-0.25, -0.2) is 8.42 Å². The van der Waals surface area contributed by atoms with Gasteiger partial charge in [-0.3, -0.25) is 0 Å². The molecular formula is C15H22ClNO2S. The van der Waals surface area contributed by atoms with Gasteiger partial charge in [0.1, 0.15) is 0 Å². The van der Waals surface area contributed by atoms with Gasteiger partial charge in [0.05, 0.1) is 16.1 Å². The van der Waals surface area contributed by atoms with Crippen LogP contribution in [0.15, 0.2) is 29.2 Å². The number of para-hydroxylation sites is 1. The first-order valence-electron chi connectivity index (χ1n) is 6.99. The van der Waals surface area contributed by atoms with Crippen LogP contribution in [0.3, 0.4) is 0 Å². The molecule has 0 aromatic heterocycles. The van der Waals surface area contributed by atoms with Gasteiger partial charge in [-0.1, -0.05) is 19.1 Å². The lowest BCUT2D eigenvalue weighted by molar-refractivity contribution is 0.286. The highest BCUT2D eigenvalue weighted by Crippen LogP contribution is 2.36. The van der Waals surface area contributed by atoms with Gasteiger partial charge >= 0.3 is 0 Å². The molecule has 0 saturated heterocycles. The Morgan fingerprint density at radius 3 is 2.45 bits per heavy atom. The summed E-state index contributed by atoms with van der Waals surface area (Å²) in [6.07, 6.45) is 5.46. The van der Waals surface area contributed by atoms with Crippen molar-refractivity contribution in [2.75, 3.05) is 17.5 Å². The molecule has 112 valence electrons. The van der Waals surface area contributed by atoms with E-state index in [1.165, 1.54) is 6.26 Å². The van der Waals surface area contributed by atoms with Gasteiger partial charge in [0.25, 0.3) is 0 Å². The van der Waals surface area contributed by atoms with Gasteiger partial charge in [-0.15, -0.1) is 11.6 Å². The molecule has 1 aliphatic carbocycles. The third kappa shape index (κ3) is 3.47. The maximum atomic E-state index is 11.9. The lowest BCUT2D eigenvalue weighted by Gasteiger charge is -2.40. The Labute approximate surface area is 126 Å². The topological polar surface area (TPSA) is 46.2 Å². The second kappa shape index (κ2) is 5.94. The Hall–Kier alpha value is -0.740. The Morgan fingerprint density at radius 2 is 1.90 bits per heavy atom. The van der Waals surface area contributed by atoms with Crippen molar-refractivity contribution in [3.05, 3.63) is 24.3 Å². The van der Waals surface area contributed by atoms with E-state index in [-0.39, 0.29) is 5.54 Å². The zero-order valence-electron chi connectivity index (χ0n) is 12.0. The van der Waals surface area contributed by atoms with Gasteiger partial charge in [-0.2, -0.15) is 0 Å². The summed E-state index contributed by atoms with van der Waals surface area (Å²) in [6.45, 7) is 2.25. The van der Waals surface area contributed by atoms with Crippen LogP contribution in [0.4, 0.5) is 5.69 Å². The number of anilines is 1. The first-order valence-corrected chi connectivity index (χ1v) is 9.42. The third-order valence-electron chi connectivity index (χ3n) is 4.17. The molecule has 20 heavy (non-hydrogen) atoms. The maximum Gasteiger partial charge on any atom is 0.177 e. The SMILES string of the molecule is CC1CCC(CCl)(Nc2ccccc2S(C)(=O)=O)CC1. The number of alkyl halides is 1. The van der Waals surface area contributed by atoms with Crippen molar-refractivity contribution in [3.63, 3.8) is 0 Å². The average Bonchev–Trinajstić information content (AvgIpc) is 2.41. The largest absolute Gasteiger partial charge is 0.377 e. The van der Waals surface area contributed by atoms with Crippen molar-refractivity contribution < 1.29 is 8.42 Å². The Morgan fingerprint density at radius 1 is 1.30 bits per heavy atom. The Kier molecular flexibility index (Phi) is 4.65. The molecule has 1 aliphatic rings. The fourth-order valence-electron chi connectivity index (χ4n) is 2.79. The van der Waals surface area contributed by atoms with E-state index in [2.05, 4.69) is 12.2 Å². The summed E-state index contributed by atoms with van der Waals surface area (Å²) in [4.78, 5) is 0.350. The molecule has 1 aromatic carbocycles. The average molecular weight is 316 g/mol. The van der Waals surface area contributed by atoms with Crippen LogP contribution in [-0.2, 0) is 9.84 Å². The normalized spacial score (nSPS) is 27.2. The van der Waals surface area contributed by atoms with Crippen LogP contribution in [0, 0.1) is 5.92 Å². The summed E-state index contributed by atoms with van der Waals surface area (Å²) < 4.78 is 23.7. The molecule has 0 atom stereocenters. The Balaban J connectivity index is 2.29. The summed E-state index contributed by atoms with van der Waals surface area (Å²) in [5.41, 5.74) is 0.486. The summed E-state index contributed by atoms with van der Waals surface area (Å²) in [5.74, 6) is 1.22. The molecule has 2 rings (SSSR count). The molecule has 1 saturated carbocycles. The third-order valence-corrected chi connectivity index (χ3v) is 5.84. The van der Waals surface area contributed by atoms with Crippen molar-refractivity contribution in [2.45, 2.75) is 43.0 Å². The maximum absolute atomic E-state index is 11.9. The molecule has 3 nitrogen and oxygen atoms in total. The molecule has 0 aliphatic heterocycles. The van der Waals surface area contributed by atoms with Crippen molar-refractivity contribution in [1.82, 2.24) is 0 Å². The van der Waals surface area contributed by atoms with Crippen LogP contribution in [0.1, 0.15) is 32.6 Å². The lowest BCUT2D eigenvalue weighted by atomic mass is 9.78. The highest BCUT2D eigenvalue weighted by molar-refractivity contribution is 7.90. The minimum absolute atomic E-state index is 0.186. The van der Waals surface area contributed by atoms with Crippen LogP contribution in [0.5, 0.6) is 0 Å². The van der Waals surface area contributed by atoms with E-state index in [1.807, 2.05) is 12.1 Å².